The van der Waals surface area contributed by atoms with Gasteiger partial charge in [-0.05, 0) is 49.7 Å². The van der Waals surface area contributed by atoms with Gasteiger partial charge in [-0.3, -0.25) is 0 Å². The fraction of sp³-hybridized carbons (Fsp3) is 0.625. The molecule has 1 aromatic heterocycles. The topological polar surface area (TPSA) is 53.4 Å². The van der Waals surface area contributed by atoms with Crippen molar-refractivity contribution in [3.8, 4) is 0 Å². The Morgan fingerprint density at radius 3 is 2.80 bits per heavy atom. The van der Waals surface area contributed by atoms with Gasteiger partial charge in [0, 0.05) is 19.3 Å². The van der Waals surface area contributed by atoms with Gasteiger partial charge >= 0.3 is 5.97 Å². The molecule has 0 saturated heterocycles. The van der Waals surface area contributed by atoms with Gasteiger partial charge in [-0.15, -0.1) is 0 Å². The summed E-state index contributed by atoms with van der Waals surface area (Å²) in [6, 6.07) is 1.85. The number of nitrogens with zero attached hydrogens (tertiary/aromatic N) is 2. The van der Waals surface area contributed by atoms with Crippen LogP contribution < -0.4 is 4.90 Å². The van der Waals surface area contributed by atoms with Crippen molar-refractivity contribution in [2.45, 2.75) is 44.9 Å². The van der Waals surface area contributed by atoms with Crippen LogP contribution in [0.2, 0.25) is 0 Å². The maximum Gasteiger partial charge on any atom is 0.339 e. The minimum atomic E-state index is -0.861. The van der Waals surface area contributed by atoms with Gasteiger partial charge in [-0.1, -0.05) is 12.8 Å². The van der Waals surface area contributed by atoms with E-state index in [4.69, 9.17) is 0 Å². The van der Waals surface area contributed by atoms with E-state index in [0.717, 1.165) is 37.1 Å². The van der Waals surface area contributed by atoms with Crippen LogP contribution in [0.15, 0.2) is 6.07 Å². The SMILES string of the molecule is CN(CC1CCCC1)c1nc2c(cc1C(=O)O)CCC2. The first kappa shape index (κ1) is 13.4. The summed E-state index contributed by atoms with van der Waals surface area (Å²) in [5, 5.41) is 9.44. The van der Waals surface area contributed by atoms with Crippen LogP contribution in [0.1, 0.15) is 53.7 Å². The number of carbonyl (C=O) groups is 1. The molecule has 1 saturated carbocycles. The number of aromatic nitrogens is 1. The number of anilines is 1. The number of aryl methyl sites for hydroxylation is 2. The Labute approximate surface area is 119 Å². The summed E-state index contributed by atoms with van der Waals surface area (Å²) in [5.41, 5.74) is 2.59. The van der Waals surface area contributed by atoms with Crippen LogP contribution in [0, 0.1) is 5.92 Å². The van der Waals surface area contributed by atoms with Crippen LogP contribution in [-0.4, -0.2) is 29.7 Å². The molecule has 0 atom stereocenters. The Bertz CT molecular complexity index is 521. The summed E-state index contributed by atoms with van der Waals surface area (Å²) in [5.74, 6) is 0.488. The summed E-state index contributed by atoms with van der Waals surface area (Å²) < 4.78 is 0. The number of pyridine rings is 1. The quantitative estimate of drug-likeness (QED) is 0.917. The molecule has 4 nitrogen and oxygen atoms in total. The molecule has 0 bridgehead atoms. The lowest BCUT2D eigenvalue weighted by atomic mass is 10.1. The number of rotatable bonds is 4. The maximum atomic E-state index is 11.5. The third kappa shape index (κ3) is 2.51. The molecule has 2 aliphatic rings. The number of carboxylic acids is 1. The van der Waals surface area contributed by atoms with Crippen molar-refractivity contribution in [3.63, 3.8) is 0 Å². The standard InChI is InChI=1S/C16H22N2O2/c1-18(10-11-5-2-3-6-11)15-13(16(19)20)9-12-7-4-8-14(12)17-15/h9,11H,2-8,10H2,1H3,(H,19,20). The molecule has 20 heavy (non-hydrogen) atoms. The molecule has 0 aliphatic heterocycles. The predicted octanol–water partition coefficient (Wildman–Crippen LogP) is 2.89. The molecule has 0 aromatic carbocycles. The lowest BCUT2D eigenvalue weighted by Crippen LogP contribution is -2.27. The molecule has 1 heterocycles. The molecular formula is C16H22N2O2. The van der Waals surface area contributed by atoms with Crippen molar-refractivity contribution < 1.29 is 9.90 Å². The summed E-state index contributed by atoms with van der Waals surface area (Å²) in [6.07, 6.45) is 8.19. The summed E-state index contributed by atoms with van der Waals surface area (Å²) in [4.78, 5) is 18.2. The summed E-state index contributed by atoms with van der Waals surface area (Å²) in [6.45, 7) is 0.923. The average Bonchev–Trinajstić information content (AvgIpc) is 3.06. The number of hydrogen-bond donors (Lipinski definition) is 1. The second-order valence-electron chi connectivity index (χ2n) is 6.16. The Morgan fingerprint density at radius 2 is 2.10 bits per heavy atom. The van der Waals surface area contributed by atoms with Crippen LogP contribution in [0.4, 0.5) is 5.82 Å². The van der Waals surface area contributed by atoms with Crippen LogP contribution in [-0.2, 0) is 12.8 Å². The second-order valence-corrected chi connectivity index (χ2v) is 6.16. The van der Waals surface area contributed by atoms with Crippen LogP contribution in [0.25, 0.3) is 0 Å². The van der Waals surface area contributed by atoms with E-state index in [2.05, 4.69) is 9.88 Å². The zero-order valence-electron chi connectivity index (χ0n) is 12.1. The van der Waals surface area contributed by atoms with E-state index in [1.54, 1.807) is 0 Å². The normalized spacial score (nSPS) is 18.2. The number of hydrogen-bond acceptors (Lipinski definition) is 3. The highest BCUT2D eigenvalue weighted by Crippen LogP contribution is 2.30. The first-order chi connectivity index (χ1) is 9.65. The van der Waals surface area contributed by atoms with Crippen molar-refractivity contribution >= 4 is 11.8 Å². The molecule has 2 aliphatic carbocycles. The lowest BCUT2D eigenvalue weighted by molar-refractivity contribution is 0.0697. The van der Waals surface area contributed by atoms with Crippen LogP contribution in [0.5, 0.6) is 0 Å². The molecule has 3 rings (SSSR count). The van der Waals surface area contributed by atoms with Crippen molar-refractivity contribution in [2.75, 3.05) is 18.5 Å². The Balaban J connectivity index is 1.88. The largest absolute Gasteiger partial charge is 0.478 e. The molecule has 1 N–H and O–H groups in total. The minimum absolute atomic E-state index is 0.367. The first-order valence-electron chi connectivity index (χ1n) is 7.62. The van der Waals surface area contributed by atoms with E-state index < -0.39 is 5.97 Å². The number of carboxylic acid groups (broad SMARTS) is 1. The van der Waals surface area contributed by atoms with Crippen LogP contribution >= 0.6 is 0 Å². The fourth-order valence-electron chi connectivity index (χ4n) is 3.58. The summed E-state index contributed by atoms with van der Waals surface area (Å²) in [7, 11) is 1.98. The molecule has 1 aromatic rings. The molecule has 0 amide bonds. The molecule has 4 heteroatoms. The molecule has 0 unspecified atom stereocenters. The number of aromatic carboxylic acids is 1. The van der Waals surface area contributed by atoms with Crippen molar-refractivity contribution in [2.24, 2.45) is 5.92 Å². The first-order valence-corrected chi connectivity index (χ1v) is 7.62. The van der Waals surface area contributed by atoms with Gasteiger partial charge in [0.25, 0.3) is 0 Å². The van der Waals surface area contributed by atoms with Gasteiger partial charge in [0.2, 0.25) is 0 Å². The zero-order chi connectivity index (χ0) is 14.1. The van der Waals surface area contributed by atoms with E-state index in [9.17, 15) is 9.90 Å². The van der Waals surface area contributed by atoms with Crippen molar-refractivity contribution in [1.29, 1.82) is 0 Å². The van der Waals surface area contributed by atoms with E-state index >= 15 is 0 Å². The summed E-state index contributed by atoms with van der Waals surface area (Å²) >= 11 is 0. The van der Waals surface area contributed by atoms with Gasteiger partial charge in [0.05, 0.1) is 0 Å². The van der Waals surface area contributed by atoms with E-state index in [1.165, 1.54) is 25.7 Å². The van der Waals surface area contributed by atoms with Crippen molar-refractivity contribution in [3.05, 3.63) is 22.9 Å². The third-order valence-electron chi connectivity index (χ3n) is 4.63. The van der Waals surface area contributed by atoms with E-state index in [-0.39, 0.29) is 0 Å². The smallest absolute Gasteiger partial charge is 0.339 e. The molecule has 108 valence electrons. The van der Waals surface area contributed by atoms with Crippen LogP contribution in [0.3, 0.4) is 0 Å². The second kappa shape index (κ2) is 5.43. The van der Waals surface area contributed by atoms with Gasteiger partial charge in [0.1, 0.15) is 11.4 Å². The fourth-order valence-corrected chi connectivity index (χ4v) is 3.58. The highest BCUT2D eigenvalue weighted by Gasteiger charge is 2.24. The van der Waals surface area contributed by atoms with Gasteiger partial charge in [-0.25, -0.2) is 9.78 Å². The Kier molecular flexibility index (Phi) is 3.64. The third-order valence-corrected chi connectivity index (χ3v) is 4.63. The maximum absolute atomic E-state index is 11.5. The monoisotopic (exact) mass is 274 g/mol. The highest BCUT2D eigenvalue weighted by molar-refractivity contribution is 5.93. The molecular weight excluding hydrogens is 252 g/mol. The Hall–Kier alpha value is -1.58. The predicted molar refractivity (Wildman–Crippen MR) is 78.4 cm³/mol. The van der Waals surface area contributed by atoms with E-state index in [0.29, 0.717) is 17.3 Å². The van der Waals surface area contributed by atoms with E-state index in [1.807, 2.05) is 13.1 Å². The Morgan fingerprint density at radius 1 is 1.35 bits per heavy atom. The lowest BCUT2D eigenvalue weighted by Gasteiger charge is -2.24. The minimum Gasteiger partial charge on any atom is -0.478 e. The zero-order valence-corrected chi connectivity index (χ0v) is 12.1. The average molecular weight is 274 g/mol. The van der Waals surface area contributed by atoms with Gasteiger partial charge in [0.15, 0.2) is 0 Å². The van der Waals surface area contributed by atoms with Gasteiger partial charge in [-0.2, -0.15) is 0 Å². The molecule has 0 radical (unpaired) electrons. The molecule has 1 fully saturated rings. The highest BCUT2D eigenvalue weighted by atomic mass is 16.4. The number of fused-ring (bicyclic) bond motifs is 1. The van der Waals surface area contributed by atoms with Crippen molar-refractivity contribution in [1.82, 2.24) is 4.98 Å². The molecule has 0 spiro atoms. The van der Waals surface area contributed by atoms with Gasteiger partial charge < -0.3 is 10.0 Å².